The molecular formula is C23H23FN8S. The lowest BCUT2D eigenvalue weighted by molar-refractivity contribution is 0.311. The number of aromatic nitrogens is 5. The normalized spacial score (nSPS) is 14.4. The Bertz CT molecular complexity index is 1210. The van der Waals surface area contributed by atoms with Crippen LogP contribution in [-0.2, 0) is 0 Å². The third-order valence-electron chi connectivity index (χ3n) is 5.31. The fourth-order valence-electron chi connectivity index (χ4n) is 3.47. The number of H-pyrrole nitrogens is 1. The Morgan fingerprint density at radius 1 is 0.939 bits per heavy atom. The molecule has 10 heteroatoms. The second kappa shape index (κ2) is 9.55. The second-order valence-electron chi connectivity index (χ2n) is 7.75. The highest BCUT2D eigenvalue weighted by atomic mass is 32.2. The number of aromatic amines is 1. The summed E-state index contributed by atoms with van der Waals surface area (Å²) in [7, 11) is 2.12. The van der Waals surface area contributed by atoms with E-state index in [-0.39, 0.29) is 5.82 Å². The molecule has 4 aromatic rings. The topological polar surface area (TPSA) is 85.9 Å². The predicted molar refractivity (Wildman–Crippen MR) is 127 cm³/mol. The van der Waals surface area contributed by atoms with Crippen LogP contribution in [0.25, 0.3) is 11.3 Å². The number of piperazine rings is 1. The average Bonchev–Trinajstić information content (AvgIpc) is 3.29. The van der Waals surface area contributed by atoms with Crippen molar-refractivity contribution < 1.29 is 4.39 Å². The number of anilines is 3. The van der Waals surface area contributed by atoms with Gasteiger partial charge in [-0.1, -0.05) is 18.2 Å². The van der Waals surface area contributed by atoms with E-state index in [0.717, 1.165) is 42.3 Å². The highest BCUT2D eigenvalue weighted by molar-refractivity contribution is 7.99. The minimum atomic E-state index is -0.276. The van der Waals surface area contributed by atoms with Crippen molar-refractivity contribution in [1.82, 2.24) is 30.0 Å². The van der Waals surface area contributed by atoms with Gasteiger partial charge in [-0.05, 0) is 60.8 Å². The molecule has 168 valence electrons. The SMILES string of the molecule is CN1CCN(c2nc(Nc3cc(-c4ccc(F)cc4)[nH]n3)nc(Sc3ccccc3)n2)CC1. The molecule has 0 saturated carbocycles. The van der Waals surface area contributed by atoms with E-state index in [0.29, 0.717) is 22.9 Å². The number of likely N-dealkylation sites (N-methyl/N-ethyl adjacent to an activating group) is 1. The van der Waals surface area contributed by atoms with Gasteiger partial charge in [-0.15, -0.1) is 0 Å². The van der Waals surface area contributed by atoms with Crippen molar-refractivity contribution in [2.45, 2.75) is 10.1 Å². The summed E-state index contributed by atoms with van der Waals surface area (Å²) in [5, 5.41) is 11.1. The summed E-state index contributed by atoms with van der Waals surface area (Å²) in [5.74, 6) is 1.37. The van der Waals surface area contributed by atoms with Crippen molar-refractivity contribution in [2.24, 2.45) is 0 Å². The van der Waals surface area contributed by atoms with Gasteiger partial charge in [0.2, 0.25) is 11.9 Å². The summed E-state index contributed by atoms with van der Waals surface area (Å²) in [6.07, 6.45) is 0. The van der Waals surface area contributed by atoms with Crippen molar-refractivity contribution in [3.63, 3.8) is 0 Å². The molecule has 1 saturated heterocycles. The molecule has 0 bridgehead atoms. The Labute approximate surface area is 195 Å². The van der Waals surface area contributed by atoms with Crippen molar-refractivity contribution >= 4 is 29.5 Å². The van der Waals surface area contributed by atoms with Crippen LogP contribution in [0.2, 0.25) is 0 Å². The van der Waals surface area contributed by atoms with Gasteiger partial charge >= 0.3 is 0 Å². The number of hydrogen-bond acceptors (Lipinski definition) is 8. The first-order chi connectivity index (χ1) is 16.1. The Morgan fingerprint density at radius 2 is 1.70 bits per heavy atom. The van der Waals surface area contributed by atoms with E-state index < -0.39 is 0 Å². The molecule has 1 aliphatic heterocycles. The lowest BCUT2D eigenvalue weighted by Gasteiger charge is -2.32. The van der Waals surface area contributed by atoms with Gasteiger partial charge in [-0.25, -0.2) is 4.39 Å². The fraction of sp³-hybridized carbons (Fsp3) is 0.217. The predicted octanol–water partition coefficient (Wildman–Crippen LogP) is 4.05. The van der Waals surface area contributed by atoms with Crippen LogP contribution < -0.4 is 10.2 Å². The number of benzene rings is 2. The molecule has 0 atom stereocenters. The number of hydrogen-bond donors (Lipinski definition) is 2. The van der Waals surface area contributed by atoms with Gasteiger partial charge < -0.3 is 15.1 Å². The van der Waals surface area contributed by atoms with Crippen molar-refractivity contribution in [2.75, 3.05) is 43.4 Å². The first-order valence-electron chi connectivity index (χ1n) is 10.6. The summed E-state index contributed by atoms with van der Waals surface area (Å²) < 4.78 is 13.2. The van der Waals surface area contributed by atoms with E-state index in [2.05, 4.69) is 42.3 Å². The van der Waals surface area contributed by atoms with Crippen molar-refractivity contribution in [3.05, 3.63) is 66.5 Å². The fourth-order valence-corrected chi connectivity index (χ4v) is 4.23. The molecule has 1 aliphatic rings. The number of nitrogens with one attached hydrogen (secondary N) is 2. The zero-order chi connectivity index (χ0) is 22.6. The van der Waals surface area contributed by atoms with Crippen LogP contribution in [-0.4, -0.2) is 63.3 Å². The Morgan fingerprint density at radius 3 is 2.45 bits per heavy atom. The van der Waals surface area contributed by atoms with Crippen LogP contribution in [0.5, 0.6) is 0 Å². The smallest absolute Gasteiger partial charge is 0.234 e. The Kier molecular flexibility index (Phi) is 6.18. The Hall–Kier alpha value is -3.50. The Balaban J connectivity index is 1.41. The first-order valence-corrected chi connectivity index (χ1v) is 11.4. The zero-order valence-electron chi connectivity index (χ0n) is 18.1. The summed E-state index contributed by atoms with van der Waals surface area (Å²) >= 11 is 1.49. The maximum Gasteiger partial charge on any atom is 0.234 e. The summed E-state index contributed by atoms with van der Waals surface area (Å²) in [6, 6.07) is 18.1. The zero-order valence-corrected chi connectivity index (χ0v) is 18.9. The molecule has 2 aromatic carbocycles. The van der Waals surface area contributed by atoms with E-state index in [4.69, 9.17) is 4.98 Å². The van der Waals surface area contributed by atoms with E-state index in [1.54, 1.807) is 12.1 Å². The lowest BCUT2D eigenvalue weighted by Crippen LogP contribution is -2.45. The van der Waals surface area contributed by atoms with Crippen molar-refractivity contribution in [3.8, 4) is 11.3 Å². The molecule has 0 amide bonds. The standard InChI is InChI=1S/C23H23FN8S/c1-31-11-13-32(14-12-31)22-26-21(27-23(28-22)33-18-5-3-2-4-6-18)25-20-15-19(29-30-20)16-7-9-17(24)10-8-16/h2-10,15H,11-14H2,1H3,(H2,25,26,27,28,29,30). The van der Waals surface area contributed by atoms with Gasteiger partial charge in [0.25, 0.3) is 0 Å². The number of rotatable bonds is 6. The number of halogens is 1. The van der Waals surface area contributed by atoms with Gasteiger partial charge in [0.1, 0.15) is 5.82 Å². The average molecular weight is 463 g/mol. The van der Waals surface area contributed by atoms with Crippen molar-refractivity contribution in [1.29, 1.82) is 0 Å². The minimum Gasteiger partial charge on any atom is -0.338 e. The van der Waals surface area contributed by atoms with Gasteiger partial charge in [0.05, 0.1) is 5.69 Å². The first kappa shape index (κ1) is 21.4. The monoisotopic (exact) mass is 462 g/mol. The van der Waals surface area contributed by atoms with E-state index >= 15 is 0 Å². The van der Waals surface area contributed by atoms with Gasteiger partial charge in [0, 0.05) is 37.1 Å². The lowest BCUT2D eigenvalue weighted by atomic mass is 10.1. The summed E-state index contributed by atoms with van der Waals surface area (Å²) in [4.78, 5) is 19.5. The van der Waals surface area contributed by atoms with Crippen LogP contribution in [0.1, 0.15) is 0 Å². The maximum atomic E-state index is 13.2. The third-order valence-corrected chi connectivity index (χ3v) is 6.19. The molecule has 0 radical (unpaired) electrons. The van der Waals surface area contributed by atoms with Crippen LogP contribution in [0.4, 0.5) is 22.1 Å². The van der Waals surface area contributed by atoms with E-state index in [9.17, 15) is 4.39 Å². The van der Waals surface area contributed by atoms with E-state index in [1.807, 2.05) is 36.4 Å². The largest absolute Gasteiger partial charge is 0.338 e. The molecule has 0 aliphatic carbocycles. The van der Waals surface area contributed by atoms with Crippen LogP contribution in [0.3, 0.4) is 0 Å². The highest BCUT2D eigenvalue weighted by Crippen LogP contribution is 2.28. The van der Waals surface area contributed by atoms with Crippen LogP contribution in [0, 0.1) is 5.82 Å². The molecule has 5 rings (SSSR count). The van der Waals surface area contributed by atoms with Crippen LogP contribution in [0.15, 0.2) is 70.7 Å². The second-order valence-corrected chi connectivity index (χ2v) is 8.79. The maximum absolute atomic E-state index is 13.2. The highest BCUT2D eigenvalue weighted by Gasteiger charge is 2.19. The molecule has 2 aromatic heterocycles. The minimum absolute atomic E-state index is 0.276. The van der Waals surface area contributed by atoms with Gasteiger partial charge in [0.15, 0.2) is 11.0 Å². The molecular weight excluding hydrogens is 439 g/mol. The third kappa shape index (κ3) is 5.29. The molecule has 0 spiro atoms. The molecule has 2 N–H and O–H groups in total. The van der Waals surface area contributed by atoms with Gasteiger partial charge in [-0.2, -0.15) is 20.1 Å². The quantitative estimate of drug-likeness (QED) is 0.444. The number of nitrogens with zero attached hydrogens (tertiary/aromatic N) is 6. The van der Waals surface area contributed by atoms with E-state index in [1.165, 1.54) is 23.9 Å². The molecule has 8 nitrogen and oxygen atoms in total. The molecule has 33 heavy (non-hydrogen) atoms. The van der Waals surface area contributed by atoms with Gasteiger partial charge in [-0.3, -0.25) is 5.10 Å². The van der Waals surface area contributed by atoms with Crippen LogP contribution >= 0.6 is 11.8 Å². The molecule has 1 fully saturated rings. The summed E-state index contributed by atoms with van der Waals surface area (Å²) in [6.45, 7) is 3.62. The molecule has 3 heterocycles. The molecule has 0 unspecified atom stereocenters. The summed E-state index contributed by atoms with van der Waals surface area (Å²) in [5.41, 5.74) is 1.61.